The Bertz CT molecular complexity index is 1230. The molecule has 0 aliphatic heterocycles. The Labute approximate surface area is 191 Å². The van der Waals surface area contributed by atoms with Crippen LogP contribution in [0.5, 0.6) is 0 Å². The lowest BCUT2D eigenvalue weighted by Gasteiger charge is -2.12. The molecule has 2 heterocycles. The fourth-order valence-corrected chi connectivity index (χ4v) is 3.22. The quantitative estimate of drug-likeness (QED) is 0.319. The Balaban J connectivity index is 0.000000257. The number of hydrogen-bond acceptors (Lipinski definition) is 10. The lowest BCUT2D eigenvalue weighted by atomic mass is 10.2. The Kier molecular flexibility index (Phi) is 9.15. The van der Waals surface area contributed by atoms with Gasteiger partial charge >= 0.3 is 0 Å². The molecule has 16 heteroatoms. The smallest absolute Gasteiger partial charge is 0.281 e. The minimum atomic E-state index is -3.86. The topological polar surface area (TPSA) is 211 Å². The van der Waals surface area contributed by atoms with E-state index in [0.29, 0.717) is 13.2 Å². The third-order valence-corrected chi connectivity index (χ3v) is 5.20. The molecule has 0 radical (unpaired) electrons. The Hall–Kier alpha value is -2.76. The van der Waals surface area contributed by atoms with E-state index in [1.165, 1.54) is 22.0 Å². The van der Waals surface area contributed by atoms with Crippen LogP contribution in [0.25, 0.3) is 0 Å². The molecule has 3 aromatic rings. The van der Waals surface area contributed by atoms with Crippen molar-refractivity contribution in [2.75, 3.05) is 0 Å². The molecule has 2 aromatic heterocycles. The minimum absolute atomic E-state index is 0.134. The summed E-state index contributed by atoms with van der Waals surface area (Å²) in [5.41, 5.74) is 1.07. The van der Waals surface area contributed by atoms with Crippen LogP contribution in [0.1, 0.15) is 19.4 Å². The summed E-state index contributed by atoms with van der Waals surface area (Å²) in [7, 11) is -7.70. The molecule has 182 valence electrons. The summed E-state index contributed by atoms with van der Waals surface area (Å²) < 4.78 is 51.8. The predicted molar refractivity (Wildman–Crippen MR) is 115 cm³/mol. The van der Waals surface area contributed by atoms with Crippen molar-refractivity contribution in [3.8, 4) is 0 Å². The van der Waals surface area contributed by atoms with Crippen molar-refractivity contribution in [3.63, 3.8) is 0 Å². The number of rotatable bonds is 9. The van der Waals surface area contributed by atoms with Gasteiger partial charge in [0.15, 0.2) is 0 Å². The maximum absolute atomic E-state index is 11.1. The largest absolute Gasteiger partial charge is 0.391 e. The summed E-state index contributed by atoms with van der Waals surface area (Å²) in [5, 5.41) is 25.2. The van der Waals surface area contributed by atoms with Crippen LogP contribution in [0, 0.1) is 0 Å². The van der Waals surface area contributed by atoms with Crippen LogP contribution in [0.4, 0.5) is 0 Å². The maximum Gasteiger partial charge on any atom is 0.281 e. The second-order valence-electron chi connectivity index (χ2n) is 7.04. The number of hydrogen-bond donors (Lipinski definition) is 3. The third kappa shape index (κ3) is 9.32. The van der Waals surface area contributed by atoms with E-state index < -0.39 is 31.3 Å². The van der Waals surface area contributed by atoms with E-state index in [1.807, 2.05) is 37.3 Å². The first-order chi connectivity index (χ1) is 15.3. The molecule has 0 amide bonds. The summed E-state index contributed by atoms with van der Waals surface area (Å²) >= 11 is 0. The number of nitrogens with zero attached hydrogens (tertiary/aromatic N) is 6. The van der Waals surface area contributed by atoms with Crippen LogP contribution in [-0.2, 0) is 44.5 Å². The van der Waals surface area contributed by atoms with E-state index in [1.54, 1.807) is 6.92 Å². The number of sulfonamides is 2. The molecular formula is C17H26N8O6S2. The van der Waals surface area contributed by atoms with Gasteiger partial charge in [0.1, 0.15) is 12.7 Å². The van der Waals surface area contributed by atoms with Gasteiger partial charge in [-0.05, 0) is 19.4 Å². The fraction of sp³-hybridized carbons (Fsp3) is 0.412. The zero-order chi connectivity index (χ0) is 24.6. The fourth-order valence-electron chi connectivity index (χ4n) is 2.39. The van der Waals surface area contributed by atoms with Crippen LogP contribution in [0.15, 0.2) is 53.3 Å². The molecule has 1 aromatic carbocycles. The lowest BCUT2D eigenvalue weighted by Crippen LogP contribution is -2.18. The zero-order valence-corrected chi connectivity index (χ0v) is 19.6. The van der Waals surface area contributed by atoms with Crippen molar-refractivity contribution in [1.82, 2.24) is 29.5 Å². The molecular weight excluding hydrogens is 476 g/mol. The normalized spacial score (nSPS) is 13.7. The zero-order valence-electron chi connectivity index (χ0n) is 18.0. The highest BCUT2D eigenvalue weighted by Gasteiger charge is 2.15. The lowest BCUT2D eigenvalue weighted by molar-refractivity contribution is 0.0393. The molecule has 33 heavy (non-hydrogen) atoms. The molecule has 0 saturated heterocycles. The van der Waals surface area contributed by atoms with E-state index in [9.17, 15) is 16.8 Å². The second kappa shape index (κ2) is 11.4. The van der Waals surface area contributed by atoms with Gasteiger partial charge in [-0.1, -0.05) is 30.3 Å². The van der Waals surface area contributed by atoms with Crippen molar-refractivity contribution in [2.45, 2.75) is 56.1 Å². The van der Waals surface area contributed by atoms with Crippen molar-refractivity contribution in [1.29, 1.82) is 0 Å². The molecule has 0 spiro atoms. The molecule has 0 aliphatic carbocycles. The van der Waals surface area contributed by atoms with Crippen molar-refractivity contribution >= 4 is 20.0 Å². The summed E-state index contributed by atoms with van der Waals surface area (Å²) in [6, 6.07) is 9.78. The Morgan fingerprint density at radius 2 is 1.39 bits per heavy atom. The highest BCUT2D eigenvalue weighted by Crippen LogP contribution is 2.05. The predicted octanol–water partition coefficient (Wildman–Crippen LogP) is -1.16. The molecule has 0 unspecified atom stereocenters. The minimum Gasteiger partial charge on any atom is -0.391 e. The summed E-state index contributed by atoms with van der Waals surface area (Å²) in [6.07, 6.45) is 1.77. The van der Waals surface area contributed by atoms with Crippen LogP contribution in [-0.4, -0.2) is 63.7 Å². The Morgan fingerprint density at radius 3 is 1.82 bits per heavy atom. The van der Waals surface area contributed by atoms with E-state index in [2.05, 4.69) is 20.2 Å². The van der Waals surface area contributed by atoms with E-state index in [4.69, 9.17) is 20.1 Å². The number of aliphatic hydroxyl groups excluding tert-OH is 1. The van der Waals surface area contributed by atoms with Gasteiger partial charge in [0.2, 0.25) is 0 Å². The van der Waals surface area contributed by atoms with Gasteiger partial charge in [-0.2, -0.15) is 0 Å². The maximum atomic E-state index is 11.1. The molecule has 3 rings (SSSR count). The molecule has 2 atom stereocenters. The van der Waals surface area contributed by atoms with Crippen molar-refractivity contribution < 1.29 is 26.7 Å². The van der Waals surface area contributed by atoms with Crippen molar-refractivity contribution in [3.05, 3.63) is 48.5 Å². The second-order valence-corrected chi connectivity index (χ2v) is 9.95. The van der Waals surface area contributed by atoms with Crippen LogP contribution in [0.2, 0.25) is 0 Å². The average molecular weight is 503 g/mol. The molecule has 0 bridgehead atoms. The number of aromatic nitrogens is 6. The summed E-state index contributed by atoms with van der Waals surface area (Å²) in [4.78, 5) is 7.11. The summed E-state index contributed by atoms with van der Waals surface area (Å²) in [5.74, 6) is 0. The molecule has 14 nitrogen and oxygen atoms in total. The van der Waals surface area contributed by atoms with E-state index in [-0.39, 0.29) is 17.8 Å². The molecule has 0 saturated carbocycles. The highest BCUT2D eigenvalue weighted by atomic mass is 32.2. The average Bonchev–Trinajstić information content (AvgIpc) is 3.37. The van der Waals surface area contributed by atoms with Gasteiger partial charge in [-0.15, -0.1) is 10.2 Å². The van der Waals surface area contributed by atoms with Crippen LogP contribution < -0.4 is 10.3 Å². The summed E-state index contributed by atoms with van der Waals surface area (Å²) in [6.45, 7) is 4.50. The number of nitrogens with two attached hydrogens (primary N) is 2. The SMILES string of the molecule is C[C@@H](O)Cn1cnc(S(N)(=O)=O)n1.C[C@H](Cn1cnc(S(N)(=O)=O)n1)OCc1ccccc1. The van der Waals surface area contributed by atoms with Crippen LogP contribution >= 0.6 is 0 Å². The van der Waals surface area contributed by atoms with Gasteiger partial charge in [-0.25, -0.2) is 46.4 Å². The van der Waals surface area contributed by atoms with E-state index in [0.717, 1.165) is 5.56 Å². The molecule has 5 N–H and O–H groups in total. The monoisotopic (exact) mass is 502 g/mol. The Morgan fingerprint density at radius 1 is 0.909 bits per heavy atom. The number of aliphatic hydroxyl groups is 1. The van der Waals surface area contributed by atoms with Gasteiger partial charge < -0.3 is 9.84 Å². The van der Waals surface area contributed by atoms with Crippen molar-refractivity contribution in [2.24, 2.45) is 10.3 Å². The van der Waals surface area contributed by atoms with Gasteiger partial charge in [-0.3, -0.25) is 0 Å². The number of ether oxygens (including phenoxy) is 1. The standard InChI is InChI=1S/C12H16N4O3S.C5H10N4O3S/c1-10(19-8-11-5-3-2-4-6-11)7-16-9-14-12(15-16)20(13,17)18;1-4(10)2-9-3-7-5(8-9)13(6,11)12/h2-6,9-10H,7-8H2,1H3,(H2,13,17,18);3-4,10H,2H2,1H3,(H2,6,11,12)/t10-;4-/m11/s1. The van der Waals surface area contributed by atoms with Gasteiger partial charge in [0, 0.05) is 0 Å². The highest BCUT2D eigenvalue weighted by molar-refractivity contribution is 7.89. The van der Waals surface area contributed by atoms with E-state index >= 15 is 0 Å². The van der Waals surface area contributed by atoms with Gasteiger partial charge in [0.05, 0.1) is 31.9 Å². The molecule has 0 fully saturated rings. The first-order valence-electron chi connectivity index (χ1n) is 9.52. The first-order valence-corrected chi connectivity index (χ1v) is 12.6. The number of primary sulfonamides is 2. The molecule has 0 aliphatic rings. The van der Waals surface area contributed by atoms with Gasteiger partial charge in [0.25, 0.3) is 30.4 Å². The van der Waals surface area contributed by atoms with Crippen LogP contribution in [0.3, 0.4) is 0 Å². The first kappa shape index (κ1) is 26.5. The third-order valence-electron chi connectivity index (χ3n) is 3.81. The number of benzene rings is 1.